The Morgan fingerprint density at radius 3 is 3.00 bits per heavy atom. The number of carbonyl (C=O) groups excluding carboxylic acids is 1. The van der Waals surface area contributed by atoms with E-state index in [1.807, 2.05) is 18.5 Å². The van der Waals surface area contributed by atoms with Crippen molar-refractivity contribution in [3.63, 3.8) is 0 Å². The highest BCUT2D eigenvalue weighted by Gasteiger charge is 2.20. The molecule has 0 N–H and O–H groups in total. The first-order chi connectivity index (χ1) is 6.24. The van der Waals surface area contributed by atoms with Crippen LogP contribution in [0.3, 0.4) is 0 Å². The zero-order valence-corrected chi connectivity index (χ0v) is 7.47. The Morgan fingerprint density at radius 2 is 2.38 bits per heavy atom. The third kappa shape index (κ3) is 1.00. The largest absolute Gasteiger partial charge is 0.463 e. The summed E-state index contributed by atoms with van der Waals surface area (Å²) in [6.45, 7) is 0. The highest BCUT2D eigenvalue weighted by molar-refractivity contribution is 5.86. The number of methoxy groups -OCH3 is 1. The molecule has 0 amide bonds. The van der Waals surface area contributed by atoms with Crippen molar-refractivity contribution in [1.82, 2.24) is 9.31 Å². The van der Waals surface area contributed by atoms with Gasteiger partial charge in [0, 0.05) is 6.07 Å². The minimum atomic E-state index is -0.335. The lowest BCUT2D eigenvalue weighted by Gasteiger charge is -1.92. The van der Waals surface area contributed by atoms with Gasteiger partial charge >= 0.3 is 5.97 Å². The van der Waals surface area contributed by atoms with E-state index in [1.165, 1.54) is 7.11 Å². The van der Waals surface area contributed by atoms with E-state index < -0.39 is 0 Å². The summed E-state index contributed by atoms with van der Waals surface area (Å²) in [7, 11) is 3.17. The van der Waals surface area contributed by atoms with Gasteiger partial charge in [-0.05, 0) is 0 Å². The van der Waals surface area contributed by atoms with Crippen molar-refractivity contribution in [1.29, 1.82) is 0 Å². The third-order valence-corrected chi connectivity index (χ3v) is 2.00. The van der Waals surface area contributed by atoms with Crippen LogP contribution in [0.25, 0.3) is 0 Å². The van der Waals surface area contributed by atoms with Crippen molar-refractivity contribution in [2.75, 3.05) is 7.11 Å². The molecule has 0 saturated carbocycles. The molecule has 0 fully saturated rings. The Kier molecular flexibility index (Phi) is 1.58. The predicted molar refractivity (Wildman–Crippen MR) is 43.4 cm³/mol. The van der Waals surface area contributed by atoms with Gasteiger partial charge in [-0.2, -0.15) is 0 Å². The second-order valence-electron chi connectivity index (χ2n) is 2.72. The normalized spacial score (nSPS) is 10.6. The molecule has 2 aromatic rings. The van der Waals surface area contributed by atoms with Crippen LogP contribution in [0.5, 0.6) is 0 Å². The Balaban J connectivity index is 2.64. The predicted octanol–water partition coefficient (Wildman–Crippen LogP) is -0.350. The van der Waals surface area contributed by atoms with E-state index in [0.29, 0.717) is 5.69 Å². The highest BCUT2D eigenvalue weighted by Crippen LogP contribution is 1.97. The van der Waals surface area contributed by atoms with Crippen molar-refractivity contribution in [3.8, 4) is 0 Å². The van der Waals surface area contributed by atoms with Gasteiger partial charge in [-0.15, -0.1) is 9.20 Å². The number of esters is 1. The van der Waals surface area contributed by atoms with Gasteiger partial charge in [0.15, 0.2) is 6.20 Å². The molecule has 13 heavy (non-hydrogen) atoms. The molecular formula is C8H10N3O2+. The summed E-state index contributed by atoms with van der Waals surface area (Å²) in [5.41, 5.74) is 0.517. The lowest BCUT2D eigenvalue weighted by atomic mass is 10.5. The maximum absolute atomic E-state index is 11.2. The molecule has 0 aliphatic rings. The molecule has 5 heteroatoms. The van der Waals surface area contributed by atoms with Crippen LogP contribution >= 0.6 is 0 Å². The molecule has 0 spiro atoms. The van der Waals surface area contributed by atoms with E-state index in [1.54, 1.807) is 27.1 Å². The number of ether oxygens (including phenoxy) is 1. The fourth-order valence-corrected chi connectivity index (χ4v) is 1.31. The molecule has 0 atom stereocenters. The van der Waals surface area contributed by atoms with E-state index in [-0.39, 0.29) is 5.97 Å². The lowest BCUT2D eigenvalue weighted by molar-refractivity contribution is -0.620. The van der Waals surface area contributed by atoms with Crippen LogP contribution in [0, 0.1) is 0 Å². The fraction of sp³-hybridized carbons (Fsp3) is 0.250. The van der Waals surface area contributed by atoms with Crippen LogP contribution in [-0.4, -0.2) is 22.4 Å². The van der Waals surface area contributed by atoms with E-state index in [2.05, 4.69) is 4.74 Å². The molecule has 0 unspecified atom stereocenters. The first-order valence-corrected chi connectivity index (χ1v) is 3.87. The first-order valence-electron chi connectivity index (χ1n) is 3.87. The number of rotatable bonds is 1. The standard InChI is InChI=1S/C8H10N3O2/c1-9-7(8(12)13-2)6-10-4-3-5-11(9)10/h3-6H,1-2H3/q+1. The van der Waals surface area contributed by atoms with E-state index in [4.69, 9.17) is 0 Å². The summed E-state index contributed by atoms with van der Waals surface area (Å²) < 4.78 is 9.94. The van der Waals surface area contributed by atoms with Gasteiger partial charge in [0.2, 0.25) is 0 Å². The summed E-state index contributed by atoms with van der Waals surface area (Å²) in [4.78, 5) is 11.2. The van der Waals surface area contributed by atoms with Crippen molar-refractivity contribution >= 4 is 5.97 Å². The summed E-state index contributed by atoms with van der Waals surface area (Å²) in [5.74, 6) is -0.335. The van der Waals surface area contributed by atoms with Crippen molar-refractivity contribution in [3.05, 3.63) is 30.4 Å². The minimum Gasteiger partial charge on any atom is -0.463 e. The number of fused-ring (bicyclic) bond motifs is 1. The van der Waals surface area contributed by atoms with Crippen molar-refractivity contribution < 1.29 is 14.0 Å². The molecule has 0 radical (unpaired) electrons. The summed E-state index contributed by atoms with van der Waals surface area (Å²) in [6, 6.07) is 1.89. The maximum Gasteiger partial charge on any atom is 0.384 e. The van der Waals surface area contributed by atoms with Gasteiger partial charge in [0.25, 0.3) is 5.69 Å². The Labute approximate surface area is 74.7 Å². The van der Waals surface area contributed by atoms with Gasteiger partial charge in [-0.1, -0.05) is 4.63 Å². The monoisotopic (exact) mass is 180 g/mol. The SMILES string of the molecule is COC(=O)c1c[n+]2cccn2n1C. The number of hydrogen-bond acceptors (Lipinski definition) is 2. The molecular weight excluding hydrogens is 170 g/mol. The fourth-order valence-electron chi connectivity index (χ4n) is 1.31. The average molecular weight is 180 g/mol. The van der Waals surface area contributed by atoms with E-state index >= 15 is 0 Å². The van der Waals surface area contributed by atoms with Crippen LogP contribution in [0.15, 0.2) is 24.7 Å². The molecule has 0 saturated heterocycles. The molecule has 0 bridgehead atoms. The zero-order valence-electron chi connectivity index (χ0n) is 7.47. The summed E-state index contributed by atoms with van der Waals surface area (Å²) in [6.07, 6.45) is 5.42. The third-order valence-electron chi connectivity index (χ3n) is 2.00. The number of aryl methyl sites for hydroxylation is 1. The van der Waals surface area contributed by atoms with Gasteiger partial charge in [0.05, 0.1) is 13.3 Å². The van der Waals surface area contributed by atoms with E-state index in [0.717, 1.165) is 0 Å². The molecule has 0 aliphatic carbocycles. The van der Waals surface area contributed by atoms with Gasteiger partial charge < -0.3 is 4.74 Å². The van der Waals surface area contributed by atoms with Crippen LogP contribution in [0.4, 0.5) is 0 Å². The Hall–Kier alpha value is -1.78. The Morgan fingerprint density at radius 1 is 1.62 bits per heavy atom. The molecule has 0 aliphatic heterocycles. The molecule has 68 valence electrons. The maximum atomic E-state index is 11.2. The number of hydrogen-bond donors (Lipinski definition) is 0. The topological polar surface area (TPSA) is 39.7 Å². The van der Waals surface area contributed by atoms with Gasteiger partial charge in [-0.3, -0.25) is 0 Å². The lowest BCUT2D eigenvalue weighted by Crippen LogP contribution is -2.24. The Bertz CT molecular complexity index is 455. The highest BCUT2D eigenvalue weighted by atomic mass is 16.5. The van der Waals surface area contributed by atoms with Crippen LogP contribution in [0.2, 0.25) is 0 Å². The van der Waals surface area contributed by atoms with Crippen LogP contribution in [0.1, 0.15) is 10.5 Å². The molecule has 2 heterocycles. The van der Waals surface area contributed by atoms with Crippen LogP contribution in [-0.2, 0) is 11.8 Å². The van der Waals surface area contributed by atoms with Gasteiger partial charge in [-0.25, -0.2) is 4.79 Å². The molecule has 0 aromatic carbocycles. The number of aromatic nitrogens is 3. The summed E-state index contributed by atoms with van der Waals surface area (Å²) in [5, 5.41) is 0. The minimum absolute atomic E-state index is 0.335. The quantitative estimate of drug-likeness (QED) is 0.444. The molecule has 2 aromatic heterocycles. The average Bonchev–Trinajstić information content (AvgIpc) is 2.68. The molecule has 5 nitrogen and oxygen atoms in total. The number of carbonyl (C=O) groups is 1. The van der Waals surface area contributed by atoms with Crippen molar-refractivity contribution in [2.24, 2.45) is 7.05 Å². The summed E-state index contributed by atoms with van der Waals surface area (Å²) >= 11 is 0. The first kappa shape index (κ1) is 7.85. The van der Waals surface area contributed by atoms with E-state index in [9.17, 15) is 4.79 Å². The van der Waals surface area contributed by atoms with Gasteiger partial charge in [0.1, 0.15) is 13.2 Å². The number of nitrogens with zero attached hydrogens (tertiary/aromatic N) is 3. The smallest absolute Gasteiger partial charge is 0.384 e. The second-order valence-corrected chi connectivity index (χ2v) is 2.72. The second kappa shape index (κ2) is 2.62. The molecule has 2 rings (SSSR count). The van der Waals surface area contributed by atoms with Crippen LogP contribution < -0.4 is 4.52 Å². The zero-order chi connectivity index (χ0) is 9.42. The van der Waals surface area contributed by atoms with Crippen molar-refractivity contribution in [2.45, 2.75) is 0 Å².